The quantitative estimate of drug-likeness (QED) is 0.475. The Labute approximate surface area is 116 Å². The molecular formula is C18H36. The zero-order valence-electron chi connectivity index (χ0n) is 13.8. The summed E-state index contributed by atoms with van der Waals surface area (Å²) >= 11 is 0. The lowest BCUT2D eigenvalue weighted by atomic mass is 9.54. The van der Waals surface area contributed by atoms with Gasteiger partial charge in [0.15, 0.2) is 0 Å². The summed E-state index contributed by atoms with van der Waals surface area (Å²) in [6.45, 7) is 14.6. The van der Waals surface area contributed by atoms with E-state index in [1.807, 2.05) is 0 Å². The second-order valence-electron chi connectivity index (χ2n) is 7.57. The van der Waals surface area contributed by atoms with E-state index in [1.165, 1.54) is 44.9 Å². The minimum atomic E-state index is 0.667. The number of rotatable bonds is 8. The second kappa shape index (κ2) is 6.96. The molecule has 0 nitrogen and oxygen atoms in total. The van der Waals surface area contributed by atoms with Gasteiger partial charge in [0.05, 0.1) is 0 Å². The Morgan fingerprint density at radius 2 is 1.83 bits per heavy atom. The van der Waals surface area contributed by atoms with Gasteiger partial charge in [-0.05, 0) is 54.8 Å². The zero-order chi connectivity index (χ0) is 13.8. The van der Waals surface area contributed by atoms with Gasteiger partial charge in [0.1, 0.15) is 0 Å². The van der Waals surface area contributed by atoms with E-state index in [0.717, 1.165) is 23.7 Å². The van der Waals surface area contributed by atoms with Crippen LogP contribution >= 0.6 is 0 Å². The van der Waals surface area contributed by atoms with Crippen LogP contribution in [0.3, 0.4) is 0 Å². The summed E-state index contributed by atoms with van der Waals surface area (Å²) in [5.41, 5.74) is 0.667. The maximum absolute atomic E-state index is 2.53. The van der Waals surface area contributed by atoms with Crippen LogP contribution in [0.15, 0.2) is 0 Å². The number of hydrogen-bond acceptors (Lipinski definition) is 0. The van der Waals surface area contributed by atoms with Crippen LogP contribution in [-0.2, 0) is 0 Å². The van der Waals surface area contributed by atoms with E-state index in [1.54, 1.807) is 0 Å². The third-order valence-corrected chi connectivity index (χ3v) is 5.96. The largest absolute Gasteiger partial charge is 0.0654 e. The Hall–Kier alpha value is 0. The molecule has 0 bridgehead atoms. The highest BCUT2D eigenvalue weighted by Gasteiger charge is 2.44. The lowest BCUT2D eigenvalue weighted by Crippen LogP contribution is -2.43. The van der Waals surface area contributed by atoms with Gasteiger partial charge in [-0.3, -0.25) is 0 Å². The summed E-state index contributed by atoms with van der Waals surface area (Å²) in [4.78, 5) is 0. The first-order valence-electron chi connectivity index (χ1n) is 8.42. The van der Waals surface area contributed by atoms with Crippen molar-refractivity contribution < 1.29 is 0 Å². The molecule has 18 heavy (non-hydrogen) atoms. The van der Waals surface area contributed by atoms with Crippen LogP contribution in [0.25, 0.3) is 0 Å². The fourth-order valence-corrected chi connectivity index (χ4v) is 4.16. The molecule has 0 heteroatoms. The Bertz CT molecular complexity index is 232. The van der Waals surface area contributed by atoms with Crippen molar-refractivity contribution in [2.24, 2.45) is 29.1 Å². The molecule has 5 unspecified atom stereocenters. The molecular weight excluding hydrogens is 216 g/mol. The minimum Gasteiger partial charge on any atom is -0.0654 e. The molecule has 0 amide bonds. The smallest absolute Gasteiger partial charge is 0.0295 e. The monoisotopic (exact) mass is 252 g/mol. The molecule has 0 radical (unpaired) electrons. The molecule has 108 valence electrons. The molecule has 1 aliphatic carbocycles. The van der Waals surface area contributed by atoms with Gasteiger partial charge < -0.3 is 0 Å². The Morgan fingerprint density at radius 3 is 2.28 bits per heavy atom. The van der Waals surface area contributed by atoms with Gasteiger partial charge in [-0.2, -0.15) is 0 Å². The van der Waals surface area contributed by atoms with E-state index in [4.69, 9.17) is 0 Å². The van der Waals surface area contributed by atoms with Crippen molar-refractivity contribution in [3.63, 3.8) is 0 Å². The van der Waals surface area contributed by atoms with E-state index in [9.17, 15) is 0 Å². The second-order valence-corrected chi connectivity index (χ2v) is 7.57. The molecule has 0 aromatic heterocycles. The summed E-state index contributed by atoms with van der Waals surface area (Å²) in [7, 11) is 0. The van der Waals surface area contributed by atoms with Crippen molar-refractivity contribution in [3.05, 3.63) is 0 Å². The summed E-state index contributed by atoms with van der Waals surface area (Å²) in [6.07, 6.45) is 10.0. The summed E-state index contributed by atoms with van der Waals surface area (Å²) in [5.74, 6) is 3.83. The van der Waals surface area contributed by atoms with Gasteiger partial charge in [-0.15, -0.1) is 0 Å². The Kier molecular flexibility index (Phi) is 6.21. The first kappa shape index (κ1) is 16.1. The van der Waals surface area contributed by atoms with E-state index >= 15 is 0 Å². The Morgan fingerprint density at radius 1 is 1.17 bits per heavy atom. The zero-order valence-corrected chi connectivity index (χ0v) is 13.8. The van der Waals surface area contributed by atoms with Crippen LogP contribution < -0.4 is 0 Å². The number of hydrogen-bond donors (Lipinski definition) is 0. The van der Waals surface area contributed by atoms with E-state index in [-0.39, 0.29) is 0 Å². The van der Waals surface area contributed by atoms with Gasteiger partial charge in [0, 0.05) is 0 Å². The lowest BCUT2D eigenvalue weighted by molar-refractivity contribution is -0.0171. The molecule has 0 saturated heterocycles. The maximum atomic E-state index is 2.53. The average Bonchev–Trinajstić information content (AvgIpc) is 2.34. The van der Waals surface area contributed by atoms with Crippen LogP contribution in [0.2, 0.25) is 0 Å². The molecule has 1 aliphatic rings. The molecule has 1 fully saturated rings. The van der Waals surface area contributed by atoms with Crippen molar-refractivity contribution in [1.29, 1.82) is 0 Å². The van der Waals surface area contributed by atoms with Gasteiger partial charge in [-0.25, -0.2) is 0 Å². The third-order valence-electron chi connectivity index (χ3n) is 5.96. The predicted molar refractivity (Wildman–Crippen MR) is 82.8 cm³/mol. The van der Waals surface area contributed by atoms with E-state index < -0.39 is 0 Å². The topological polar surface area (TPSA) is 0 Å². The molecule has 0 N–H and O–H groups in total. The molecule has 1 rings (SSSR count). The van der Waals surface area contributed by atoms with E-state index in [0.29, 0.717) is 5.41 Å². The van der Waals surface area contributed by atoms with Gasteiger partial charge >= 0.3 is 0 Å². The normalized spacial score (nSPS) is 35.0. The predicted octanol–water partition coefficient (Wildman–Crippen LogP) is 6.30. The summed E-state index contributed by atoms with van der Waals surface area (Å²) < 4.78 is 0. The maximum Gasteiger partial charge on any atom is -0.0295 e. The van der Waals surface area contributed by atoms with Crippen molar-refractivity contribution in [2.45, 2.75) is 86.5 Å². The van der Waals surface area contributed by atoms with Crippen molar-refractivity contribution >= 4 is 0 Å². The molecule has 1 saturated carbocycles. The highest BCUT2D eigenvalue weighted by atomic mass is 14.5. The molecule has 0 heterocycles. The molecule has 0 aliphatic heterocycles. The standard InChI is InChI=1S/C18H36/c1-7-9-14(3)12-17(8-2)10-11-18(6)13-15(4)16(18)5/h14-17H,7-13H2,1-6H3. The highest BCUT2D eigenvalue weighted by Crippen LogP contribution is 2.53. The average molecular weight is 252 g/mol. The van der Waals surface area contributed by atoms with Gasteiger partial charge in [0.2, 0.25) is 0 Å². The van der Waals surface area contributed by atoms with Crippen molar-refractivity contribution in [3.8, 4) is 0 Å². The molecule has 0 spiro atoms. The summed E-state index contributed by atoms with van der Waals surface area (Å²) in [5, 5.41) is 0. The molecule has 0 aromatic rings. The minimum absolute atomic E-state index is 0.667. The van der Waals surface area contributed by atoms with Gasteiger partial charge in [0.25, 0.3) is 0 Å². The van der Waals surface area contributed by atoms with Crippen LogP contribution in [0, 0.1) is 29.1 Å². The molecule has 0 aromatic carbocycles. The van der Waals surface area contributed by atoms with Crippen molar-refractivity contribution in [1.82, 2.24) is 0 Å². The van der Waals surface area contributed by atoms with Crippen LogP contribution in [0.5, 0.6) is 0 Å². The fraction of sp³-hybridized carbons (Fsp3) is 1.00. The fourth-order valence-electron chi connectivity index (χ4n) is 4.16. The molecule has 5 atom stereocenters. The first-order valence-corrected chi connectivity index (χ1v) is 8.42. The third kappa shape index (κ3) is 4.00. The Balaban J connectivity index is 2.31. The van der Waals surface area contributed by atoms with Crippen LogP contribution in [0.1, 0.15) is 86.5 Å². The highest BCUT2D eigenvalue weighted by molar-refractivity contribution is 4.94. The SMILES string of the molecule is CCCC(C)CC(CC)CCC1(C)CC(C)C1C. The van der Waals surface area contributed by atoms with Crippen molar-refractivity contribution in [2.75, 3.05) is 0 Å². The lowest BCUT2D eigenvalue weighted by Gasteiger charge is -2.51. The van der Waals surface area contributed by atoms with Crippen LogP contribution in [0.4, 0.5) is 0 Å². The summed E-state index contributed by atoms with van der Waals surface area (Å²) in [6, 6.07) is 0. The first-order chi connectivity index (χ1) is 8.42. The van der Waals surface area contributed by atoms with Crippen LogP contribution in [-0.4, -0.2) is 0 Å². The van der Waals surface area contributed by atoms with Gasteiger partial charge in [-0.1, -0.05) is 60.8 Å². The van der Waals surface area contributed by atoms with E-state index in [2.05, 4.69) is 41.5 Å².